The molecule has 0 aliphatic carbocycles. The number of ether oxygens (including phenoxy) is 1. The summed E-state index contributed by atoms with van der Waals surface area (Å²) in [6.07, 6.45) is 2.59. The van der Waals surface area contributed by atoms with Crippen molar-refractivity contribution in [3.63, 3.8) is 0 Å². The first-order chi connectivity index (χ1) is 11.0. The number of nitrogens with zero attached hydrogens (tertiary/aromatic N) is 1. The summed E-state index contributed by atoms with van der Waals surface area (Å²) in [5, 5.41) is 10.7. The van der Waals surface area contributed by atoms with E-state index in [2.05, 4.69) is 19.1 Å². The molecular weight excluding hydrogens is 290 g/mol. The number of hydrogen-bond acceptors (Lipinski definition) is 3. The fourth-order valence-corrected chi connectivity index (χ4v) is 3.33. The zero-order chi connectivity index (χ0) is 16.9. The number of benzene rings is 1. The number of aryl methyl sites for hydroxylation is 2. The number of aliphatic hydroxyl groups is 1. The molecule has 23 heavy (non-hydrogen) atoms. The first kappa shape index (κ1) is 18.0. The van der Waals surface area contributed by atoms with Crippen LogP contribution in [0.5, 0.6) is 0 Å². The standard InChI is InChI=1S/C19H29NO3/c1-15-6-4-5-7-17(15)8-9-18(21)20-12-10-19(22,11-13-23-3)16(2)14-20/h4-7,16,22H,8-14H2,1-3H3/t16-,19-/m1/s1. The summed E-state index contributed by atoms with van der Waals surface area (Å²) < 4.78 is 5.09. The van der Waals surface area contributed by atoms with Gasteiger partial charge in [-0.15, -0.1) is 0 Å². The summed E-state index contributed by atoms with van der Waals surface area (Å²) >= 11 is 0. The van der Waals surface area contributed by atoms with Crippen molar-refractivity contribution in [2.75, 3.05) is 26.8 Å². The number of carbonyl (C=O) groups excluding carboxylic acids is 1. The Morgan fingerprint density at radius 3 is 2.83 bits per heavy atom. The van der Waals surface area contributed by atoms with Crippen LogP contribution in [-0.2, 0) is 16.0 Å². The number of hydrogen-bond donors (Lipinski definition) is 1. The Bertz CT molecular complexity index is 531. The molecule has 4 heteroatoms. The maximum absolute atomic E-state index is 12.5. The van der Waals surface area contributed by atoms with Crippen LogP contribution in [0, 0.1) is 12.8 Å². The lowest BCUT2D eigenvalue weighted by Gasteiger charge is -2.43. The van der Waals surface area contributed by atoms with Crippen LogP contribution in [0.1, 0.15) is 37.3 Å². The highest BCUT2D eigenvalue weighted by molar-refractivity contribution is 5.76. The molecule has 0 spiro atoms. The Labute approximate surface area is 139 Å². The van der Waals surface area contributed by atoms with Gasteiger partial charge in [0, 0.05) is 39.1 Å². The Balaban J connectivity index is 1.86. The summed E-state index contributed by atoms with van der Waals surface area (Å²) in [4.78, 5) is 14.4. The minimum Gasteiger partial charge on any atom is -0.389 e. The van der Waals surface area contributed by atoms with Crippen LogP contribution < -0.4 is 0 Å². The molecule has 2 rings (SSSR count). The summed E-state index contributed by atoms with van der Waals surface area (Å²) in [5.41, 5.74) is 1.77. The van der Waals surface area contributed by atoms with Crippen LogP contribution in [-0.4, -0.2) is 48.3 Å². The van der Waals surface area contributed by atoms with Crippen molar-refractivity contribution in [2.45, 2.75) is 45.1 Å². The van der Waals surface area contributed by atoms with Crippen LogP contribution in [0.4, 0.5) is 0 Å². The summed E-state index contributed by atoms with van der Waals surface area (Å²) in [6.45, 7) is 5.93. The number of likely N-dealkylation sites (tertiary alicyclic amines) is 1. The fraction of sp³-hybridized carbons (Fsp3) is 0.632. The molecule has 2 atom stereocenters. The average molecular weight is 319 g/mol. The highest BCUT2D eigenvalue weighted by atomic mass is 16.5. The predicted molar refractivity (Wildman–Crippen MR) is 91.3 cm³/mol. The number of carbonyl (C=O) groups is 1. The number of piperidine rings is 1. The van der Waals surface area contributed by atoms with E-state index in [-0.39, 0.29) is 11.8 Å². The van der Waals surface area contributed by atoms with Gasteiger partial charge >= 0.3 is 0 Å². The molecule has 1 heterocycles. The van der Waals surface area contributed by atoms with Gasteiger partial charge in [0.2, 0.25) is 5.91 Å². The van der Waals surface area contributed by atoms with Crippen molar-refractivity contribution in [1.82, 2.24) is 4.90 Å². The van der Waals surface area contributed by atoms with Gasteiger partial charge in [-0.1, -0.05) is 31.2 Å². The van der Waals surface area contributed by atoms with Gasteiger partial charge in [-0.25, -0.2) is 0 Å². The molecule has 1 fully saturated rings. The molecule has 0 unspecified atom stereocenters. The first-order valence-electron chi connectivity index (χ1n) is 8.50. The average Bonchev–Trinajstić information content (AvgIpc) is 2.54. The van der Waals surface area contributed by atoms with Gasteiger partial charge in [0.15, 0.2) is 0 Å². The molecular formula is C19H29NO3. The van der Waals surface area contributed by atoms with E-state index in [9.17, 15) is 9.90 Å². The number of rotatable bonds is 6. The second-order valence-corrected chi connectivity index (χ2v) is 6.76. The van der Waals surface area contributed by atoms with Crippen LogP contribution >= 0.6 is 0 Å². The van der Waals surface area contributed by atoms with Crippen molar-refractivity contribution in [3.05, 3.63) is 35.4 Å². The quantitative estimate of drug-likeness (QED) is 0.877. The van der Waals surface area contributed by atoms with Crippen molar-refractivity contribution in [3.8, 4) is 0 Å². The van der Waals surface area contributed by atoms with Gasteiger partial charge in [0.1, 0.15) is 0 Å². The molecule has 1 aromatic rings. The minimum atomic E-state index is -0.706. The van der Waals surface area contributed by atoms with Gasteiger partial charge in [-0.3, -0.25) is 4.79 Å². The predicted octanol–water partition coefficient (Wildman–Crippen LogP) is 2.56. The Morgan fingerprint density at radius 1 is 1.43 bits per heavy atom. The van der Waals surface area contributed by atoms with Gasteiger partial charge in [-0.2, -0.15) is 0 Å². The smallest absolute Gasteiger partial charge is 0.222 e. The lowest BCUT2D eigenvalue weighted by atomic mass is 9.79. The molecule has 0 aromatic heterocycles. The normalized spacial score (nSPS) is 24.7. The van der Waals surface area contributed by atoms with Crippen LogP contribution in [0.15, 0.2) is 24.3 Å². The summed E-state index contributed by atoms with van der Waals surface area (Å²) in [5.74, 6) is 0.266. The van der Waals surface area contributed by atoms with Crippen molar-refractivity contribution < 1.29 is 14.6 Å². The van der Waals surface area contributed by atoms with E-state index in [1.165, 1.54) is 11.1 Å². The molecule has 0 bridgehead atoms. The van der Waals surface area contributed by atoms with E-state index in [0.717, 1.165) is 6.42 Å². The molecule has 1 saturated heterocycles. The van der Waals surface area contributed by atoms with E-state index in [0.29, 0.717) is 39.0 Å². The minimum absolute atomic E-state index is 0.0776. The lowest BCUT2D eigenvalue weighted by Crippen LogP contribution is -2.52. The van der Waals surface area contributed by atoms with E-state index in [1.54, 1.807) is 7.11 Å². The Hall–Kier alpha value is -1.39. The molecule has 0 radical (unpaired) electrons. The molecule has 1 amide bonds. The van der Waals surface area contributed by atoms with Crippen LogP contribution in [0.25, 0.3) is 0 Å². The van der Waals surface area contributed by atoms with E-state index in [1.807, 2.05) is 24.0 Å². The van der Waals surface area contributed by atoms with Crippen molar-refractivity contribution >= 4 is 5.91 Å². The highest BCUT2D eigenvalue weighted by Crippen LogP contribution is 2.31. The second-order valence-electron chi connectivity index (χ2n) is 6.76. The third kappa shape index (κ3) is 4.55. The molecule has 4 nitrogen and oxygen atoms in total. The van der Waals surface area contributed by atoms with Gasteiger partial charge in [0.25, 0.3) is 0 Å². The molecule has 0 saturated carbocycles. The topological polar surface area (TPSA) is 49.8 Å². The van der Waals surface area contributed by atoms with Gasteiger partial charge in [0.05, 0.1) is 5.60 Å². The monoisotopic (exact) mass is 319 g/mol. The lowest BCUT2D eigenvalue weighted by molar-refractivity contribution is -0.140. The maximum atomic E-state index is 12.5. The summed E-state index contributed by atoms with van der Waals surface area (Å²) in [6, 6.07) is 8.21. The highest BCUT2D eigenvalue weighted by Gasteiger charge is 2.39. The Kier molecular flexibility index (Phi) is 6.19. The van der Waals surface area contributed by atoms with E-state index >= 15 is 0 Å². The molecule has 1 N–H and O–H groups in total. The van der Waals surface area contributed by atoms with Crippen molar-refractivity contribution in [1.29, 1.82) is 0 Å². The fourth-order valence-electron chi connectivity index (χ4n) is 3.33. The first-order valence-corrected chi connectivity index (χ1v) is 8.50. The SMILES string of the molecule is COCC[C@]1(O)CCN(C(=O)CCc2ccccc2C)C[C@H]1C. The maximum Gasteiger partial charge on any atom is 0.222 e. The summed E-state index contributed by atoms with van der Waals surface area (Å²) in [7, 11) is 1.65. The molecule has 1 aromatic carbocycles. The van der Waals surface area contributed by atoms with E-state index < -0.39 is 5.60 Å². The Morgan fingerprint density at radius 2 is 2.17 bits per heavy atom. The van der Waals surface area contributed by atoms with Crippen molar-refractivity contribution in [2.24, 2.45) is 5.92 Å². The second kappa shape index (κ2) is 7.93. The van der Waals surface area contributed by atoms with Crippen LogP contribution in [0.2, 0.25) is 0 Å². The third-order valence-electron chi connectivity index (χ3n) is 5.19. The third-order valence-corrected chi connectivity index (χ3v) is 5.19. The number of methoxy groups -OCH3 is 1. The molecule has 1 aliphatic rings. The van der Waals surface area contributed by atoms with Gasteiger partial charge in [-0.05, 0) is 37.3 Å². The van der Waals surface area contributed by atoms with Gasteiger partial charge < -0.3 is 14.7 Å². The zero-order valence-electron chi connectivity index (χ0n) is 14.5. The number of amides is 1. The van der Waals surface area contributed by atoms with Crippen LogP contribution in [0.3, 0.4) is 0 Å². The zero-order valence-corrected chi connectivity index (χ0v) is 14.5. The largest absolute Gasteiger partial charge is 0.389 e. The molecule has 128 valence electrons. The molecule has 1 aliphatic heterocycles. The van der Waals surface area contributed by atoms with E-state index in [4.69, 9.17) is 4.74 Å².